The van der Waals surface area contributed by atoms with Gasteiger partial charge in [-0.3, -0.25) is 0 Å². The lowest BCUT2D eigenvalue weighted by Gasteiger charge is -2.62. The van der Waals surface area contributed by atoms with Crippen LogP contribution in [0.3, 0.4) is 0 Å². The molecule has 294 valence electrons. The number of nitrogens with zero attached hydrogens (tertiary/aromatic N) is 4. The lowest BCUT2D eigenvalue weighted by molar-refractivity contribution is -0.765. The van der Waals surface area contributed by atoms with E-state index in [4.69, 9.17) is 4.42 Å². The van der Waals surface area contributed by atoms with Gasteiger partial charge in [0.1, 0.15) is 35.4 Å². The molecule has 5 aromatic carbocycles. The highest BCUT2D eigenvalue weighted by Gasteiger charge is 2.66. The van der Waals surface area contributed by atoms with Gasteiger partial charge < -0.3 is 14.2 Å². The van der Waals surface area contributed by atoms with Crippen molar-refractivity contribution in [3.05, 3.63) is 138 Å². The number of fused-ring (bicyclic) bond motifs is 18. The lowest BCUT2D eigenvalue weighted by Crippen LogP contribution is -2.70. The maximum Gasteiger partial charge on any atom is 0.294 e. The average Bonchev–Trinajstić information content (AvgIpc) is 3.93. The average molecular weight is 766 g/mol. The van der Waals surface area contributed by atoms with Crippen molar-refractivity contribution >= 4 is 39.0 Å². The van der Waals surface area contributed by atoms with Crippen LogP contribution in [0.4, 0.5) is 17.1 Å². The first-order chi connectivity index (χ1) is 27.8. The zero-order chi connectivity index (χ0) is 40.1. The van der Waals surface area contributed by atoms with Gasteiger partial charge in [-0.2, -0.15) is 4.57 Å². The van der Waals surface area contributed by atoms with E-state index < -0.39 is 0 Å². The summed E-state index contributed by atoms with van der Waals surface area (Å²) in [6.45, 7) is 19.8. The largest absolute Gasteiger partial charge is 0.454 e. The van der Waals surface area contributed by atoms with Crippen LogP contribution in [0, 0.1) is 5.41 Å². The molecule has 5 nitrogen and oxygen atoms in total. The van der Waals surface area contributed by atoms with Crippen molar-refractivity contribution in [3.63, 3.8) is 0 Å². The van der Waals surface area contributed by atoms with Crippen molar-refractivity contribution in [1.29, 1.82) is 0 Å². The zero-order valence-electron chi connectivity index (χ0n) is 35.7. The van der Waals surface area contributed by atoms with Crippen LogP contribution < -0.4 is 14.4 Å². The summed E-state index contributed by atoms with van der Waals surface area (Å²) < 4.78 is 12.2. The Balaban J connectivity index is 1.15. The molecule has 2 aromatic heterocycles. The predicted molar refractivity (Wildman–Crippen MR) is 239 cm³/mol. The van der Waals surface area contributed by atoms with Crippen LogP contribution in [0.2, 0.25) is 0 Å². The minimum atomic E-state index is -0.186. The predicted octanol–water partition coefficient (Wildman–Crippen LogP) is 13.0. The highest BCUT2D eigenvalue weighted by molar-refractivity contribution is 6.11. The first-order valence-electron chi connectivity index (χ1n) is 21.8. The number of rotatable bonds is 3. The van der Waals surface area contributed by atoms with Gasteiger partial charge in [0.15, 0.2) is 5.58 Å². The molecule has 1 aliphatic carbocycles. The molecule has 0 spiro atoms. The van der Waals surface area contributed by atoms with Crippen LogP contribution in [0.5, 0.6) is 0 Å². The summed E-state index contributed by atoms with van der Waals surface area (Å²) in [4.78, 5) is 5.28. The number of furan rings is 1. The van der Waals surface area contributed by atoms with E-state index in [0.717, 1.165) is 36.8 Å². The first kappa shape index (κ1) is 35.8. The quantitative estimate of drug-likeness (QED) is 0.168. The second-order valence-corrected chi connectivity index (χ2v) is 19.6. The fourth-order valence-corrected chi connectivity index (χ4v) is 12.8. The van der Waals surface area contributed by atoms with Gasteiger partial charge in [-0.1, -0.05) is 127 Å². The first-order valence-corrected chi connectivity index (χ1v) is 21.8. The molecule has 5 atom stereocenters. The number of benzene rings is 5. The molecule has 5 heterocycles. The molecule has 4 aliphatic rings. The summed E-state index contributed by atoms with van der Waals surface area (Å²) in [7, 11) is 2.34. The third-order valence-electron chi connectivity index (χ3n) is 16.5. The van der Waals surface area contributed by atoms with Crippen LogP contribution in [0.25, 0.3) is 39.0 Å². The fraction of sp³-hybridized carbons (Fsp3) is 0.377. The van der Waals surface area contributed by atoms with Gasteiger partial charge in [-0.05, 0) is 79.8 Å². The second-order valence-electron chi connectivity index (χ2n) is 19.6. The molecule has 1 fully saturated rings. The minimum absolute atomic E-state index is 0.116. The SMILES string of the molecule is CC(C)c1cccc(C(C)C)c1-n1cc[n+]2c1-c1ccccc1C1(C)CCC3(C)c4ccc5c(oc6ccccc65)c4N4c5ccccc5N(C)C4C3(C)CCC21C. The molecule has 5 heteroatoms. The van der Waals surface area contributed by atoms with Gasteiger partial charge in [0.25, 0.3) is 5.82 Å². The van der Waals surface area contributed by atoms with Gasteiger partial charge in [-0.25, -0.2) is 4.57 Å². The van der Waals surface area contributed by atoms with Crippen molar-refractivity contribution < 1.29 is 8.98 Å². The van der Waals surface area contributed by atoms with Crippen molar-refractivity contribution in [2.75, 3.05) is 16.8 Å². The lowest BCUT2D eigenvalue weighted by atomic mass is 9.47. The Hall–Kier alpha value is -5.29. The molecule has 0 radical (unpaired) electrons. The standard InChI is InChI=1S/C53H57N4O/c1-33(2)35-19-16-20-36(34(3)4)45(35)55-31-32-56-48(55)39-18-10-12-21-40(39)51(6)28-27-50(5)41-26-25-38-37-17-11-15-24-44(37)58-47(38)46(41)57-43-23-14-13-22-42(43)54(9)49(57)52(50,7)29-30-53(51,56)8/h10-26,31-34,49H,27-30H2,1-9H3/q+1. The van der Waals surface area contributed by atoms with Crippen LogP contribution >= 0.6 is 0 Å². The highest BCUT2D eigenvalue weighted by atomic mass is 16.3. The molecule has 3 aliphatic heterocycles. The third-order valence-corrected chi connectivity index (χ3v) is 16.5. The molecule has 1 saturated carbocycles. The van der Waals surface area contributed by atoms with Gasteiger partial charge in [-0.15, -0.1) is 0 Å². The smallest absolute Gasteiger partial charge is 0.294 e. The van der Waals surface area contributed by atoms with Crippen molar-refractivity contribution in [3.8, 4) is 17.1 Å². The Labute approximate surface area is 343 Å². The molecular weight excluding hydrogens is 709 g/mol. The van der Waals surface area contributed by atoms with Crippen molar-refractivity contribution in [2.45, 2.75) is 115 Å². The number of hydrogen-bond donors (Lipinski definition) is 0. The molecular formula is C53H57N4O+. The van der Waals surface area contributed by atoms with E-state index in [9.17, 15) is 0 Å². The fourth-order valence-electron chi connectivity index (χ4n) is 12.8. The molecule has 7 aromatic rings. The Morgan fingerprint density at radius 3 is 2.07 bits per heavy atom. The van der Waals surface area contributed by atoms with Gasteiger partial charge >= 0.3 is 0 Å². The third kappa shape index (κ3) is 4.25. The number of para-hydroxylation sites is 4. The topological polar surface area (TPSA) is 28.4 Å². The van der Waals surface area contributed by atoms with Gasteiger partial charge in [0, 0.05) is 45.2 Å². The number of imidazole rings is 1. The molecule has 58 heavy (non-hydrogen) atoms. The maximum atomic E-state index is 6.95. The van der Waals surface area contributed by atoms with E-state index >= 15 is 0 Å². The Morgan fingerprint density at radius 1 is 0.638 bits per heavy atom. The van der Waals surface area contributed by atoms with Gasteiger partial charge in [0.2, 0.25) is 0 Å². The van der Waals surface area contributed by atoms with E-state index in [1.807, 2.05) is 0 Å². The van der Waals surface area contributed by atoms with Crippen molar-refractivity contribution in [1.82, 2.24) is 4.57 Å². The molecule has 0 N–H and O–H groups in total. The van der Waals surface area contributed by atoms with E-state index in [0.29, 0.717) is 11.8 Å². The van der Waals surface area contributed by atoms with E-state index in [1.54, 1.807) is 0 Å². The number of anilines is 3. The summed E-state index contributed by atoms with van der Waals surface area (Å²) in [6.07, 6.45) is 9.17. The summed E-state index contributed by atoms with van der Waals surface area (Å²) in [5, 5.41) is 2.39. The van der Waals surface area contributed by atoms with E-state index in [-0.39, 0.29) is 27.9 Å². The van der Waals surface area contributed by atoms with E-state index in [1.165, 1.54) is 67.2 Å². The molecule has 5 unspecified atom stereocenters. The highest BCUT2D eigenvalue weighted by Crippen LogP contribution is 2.68. The van der Waals surface area contributed by atoms with Crippen LogP contribution in [-0.4, -0.2) is 17.8 Å². The Morgan fingerprint density at radius 2 is 1.31 bits per heavy atom. The number of hydrogen-bond acceptors (Lipinski definition) is 3. The second kappa shape index (κ2) is 11.9. The summed E-state index contributed by atoms with van der Waals surface area (Å²) in [5.41, 5.74) is 13.7. The molecule has 0 amide bonds. The normalized spacial score (nSPS) is 27.1. The van der Waals surface area contributed by atoms with Crippen molar-refractivity contribution in [2.24, 2.45) is 5.41 Å². The summed E-state index contributed by atoms with van der Waals surface area (Å²) in [6, 6.07) is 38.8. The van der Waals surface area contributed by atoms with Gasteiger partial charge in [0.05, 0.1) is 22.6 Å². The number of aromatic nitrogens is 2. The molecule has 0 bridgehead atoms. The monoisotopic (exact) mass is 765 g/mol. The Kier molecular flexibility index (Phi) is 7.35. The van der Waals surface area contributed by atoms with Crippen LogP contribution in [-0.2, 0) is 16.4 Å². The summed E-state index contributed by atoms with van der Waals surface area (Å²) >= 11 is 0. The zero-order valence-corrected chi connectivity index (χ0v) is 35.7. The Bertz CT molecular complexity index is 2800. The minimum Gasteiger partial charge on any atom is -0.454 e. The summed E-state index contributed by atoms with van der Waals surface area (Å²) in [5.74, 6) is 2.12. The molecule has 0 saturated heterocycles. The molecule has 11 rings (SSSR count). The maximum absolute atomic E-state index is 6.95. The van der Waals surface area contributed by atoms with Crippen LogP contribution in [0.15, 0.2) is 120 Å². The van der Waals surface area contributed by atoms with Crippen LogP contribution in [0.1, 0.15) is 115 Å². The van der Waals surface area contributed by atoms with E-state index in [2.05, 4.69) is 197 Å².